The summed E-state index contributed by atoms with van der Waals surface area (Å²) in [6, 6.07) is 4.08. The molecule has 1 aromatic carbocycles. The lowest BCUT2D eigenvalue weighted by Crippen LogP contribution is -2.46. The van der Waals surface area contributed by atoms with Crippen molar-refractivity contribution in [3.05, 3.63) is 28.3 Å². The van der Waals surface area contributed by atoms with Gasteiger partial charge in [0, 0.05) is 14.2 Å². The Morgan fingerprint density at radius 2 is 2.00 bits per heavy atom. The number of ether oxygens (including phenoxy) is 1. The van der Waals surface area contributed by atoms with E-state index >= 15 is 0 Å². The molecule has 0 radical (unpaired) electrons. The molecule has 8 nitrogen and oxygen atoms in total. The number of sulfonamides is 1. The minimum Gasteiger partial charge on any atom is -0.383 e. The summed E-state index contributed by atoms with van der Waals surface area (Å²) in [6.07, 6.45) is 0. The van der Waals surface area contributed by atoms with Gasteiger partial charge in [0.25, 0.3) is 0 Å². The van der Waals surface area contributed by atoms with E-state index in [9.17, 15) is 18.5 Å². The van der Waals surface area contributed by atoms with E-state index in [-0.39, 0.29) is 17.2 Å². The van der Waals surface area contributed by atoms with Gasteiger partial charge < -0.3 is 10.1 Å². The molecule has 0 aliphatic carbocycles. The number of nitro groups is 1. The molecule has 0 aromatic heterocycles. The third-order valence-corrected chi connectivity index (χ3v) is 4.39. The Morgan fingerprint density at radius 1 is 1.38 bits per heavy atom. The Hall–Kier alpha value is -1.71. The number of hydrogen-bond acceptors (Lipinski definition) is 6. The van der Waals surface area contributed by atoms with Crippen LogP contribution in [0.1, 0.15) is 13.8 Å². The molecule has 2 N–H and O–H groups in total. The number of anilines is 1. The van der Waals surface area contributed by atoms with Crippen LogP contribution >= 0.6 is 0 Å². The van der Waals surface area contributed by atoms with Crippen LogP contribution in [0.4, 0.5) is 11.4 Å². The predicted octanol–water partition coefficient (Wildman–Crippen LogP) is 1.34. The molecule has 0 bridgehead atoms. The molecule has 0 spiro atoms. The third-order valence-electron chi connectivity index (χ3n) is 2.66. The standard InChI is InChI=1S/C12H19N3O5S/c1-12(2,8-20-4)14-21(18,19)10-7-5-6-9(13-3)11(10)15(16)17/h5-7,13-14H,8H2,1-4H3. The quantitative estimate of drug-likeness (QED) is 0.580. The molecule has 9 heteroatoms. The largest absolute Gasteiger partial charge is 0.383 e. The molecule has 1 rings (SSSR count). The van der Waals surface area contributed by atoms with Crippen molar-refractivity contribution in [2.45, 2.75) is 24.3 Å². The molecule has 0 aliphatic heterocycles. The first kappa shape index (κ1) is 17.3. The zero-order chi connectivity index (χ0) is 16.3. The maximum Gasteiger partial charge on any atom is 0.312 e. The van der Waals surface area contributed by atoms with Gasteiger partial charge in [-0.3, -0.25) is 10.1 Å². The van der Waals surface area contributed by atoms with Crippen LogP contribution in [0.25, 0.3) is 0 Å². The molecule has 0 amide bonds. The molecule has 0 aliphatic rings. The second kappa shape index (κ2) is 6.37. The zero-order valence-electron chi connectivity index (χ0n) is 12.3. The third kappa shape index (κ3) is 4.13. The summed E-state index contributed by atoms with van der Waals surface area (Å²) in [5, 5.41) is 13.8. The minimum absolute atomic E-state index is 0.131. The van der Waals surface area contributed by atoms with Gasteiger partial charge in [0.2, 0.25) is 10.0 Å². The van der Waals surface area contributed by atoms with Crippen molar-refractivity contribution < 1.29 is 18.1 Å². The average Bonchev–Trinajstić information content (AvgIpc) is 2.36. The highest BCUT2D eigenvalue weighted by Gasteiger charge is 2.33. The minimum atomic E-state index is -4.06. The normalized spacial score (nSPS) is 12.2. The summed E-state index contributed by atoms with van der Waals surface area (Å²) < 4.78 is 32.2. The molecule has 1 aromatic rings. The fraction of sp³-hybridized carbons (Fsp3) is 0.500. The number of hydrogen-bond donors (Lipinski definition) is 2. The Bertz CT molecular complexity index is 628. The molecule has 0 heterocycles. The van der Waals surface area contributed by atoms with E-state index in [1.165, 1.54) is 32.4 Å². The smallest absolute Gasteiger partial charge is 0.312 e. The van der Waals surface area contributed by atoms with Gasteiger partial charge in [-0.2, -0.15) is 0 Å². The number of rotatable bonds is 7. The van der Waals surface area contributed by atoms with Gasteiger partial charge in [-0.25, -0.2) is 13.1 Å². The van der Waals surface area contributed by atoms with Crippen molar-refractivity contribution in [1.82, 2.24) is 4.72 Å². The van der Waals surface area contributed by atoms with Crippen LogP contribution in [0.15, 0.2) is 23.1 Å². The van der Waals surface area contributed by atoms with Gasteiger partial charge in [0.15, 0.2) is 4.90 Å². The number of para-hydroxylation sites is 1. The molecule has 0 unspecified atom stereocenters. The number of nitro benzene ring substituents is 1. The van der Waals surface area contributed by atoms with Gasteiger partial charge in [-0.1, -0.05) is 6.07 Å². The van der Waals surface area contributed by atoms with E-state index in [4.69, 9.17) is 4.74 Å². The molecule has 0 saturated heterocycles. The maximum atomic E-state index is 12.4. The average molecular weight is 317 g/mol. The van der Waals surface area contributed by atoms with E-state index in [0.29, 0.717) is 0 Å². The number of nitrogens with zero attached hydrogens (tertiary/aromatic N) is 1. The van der Waals surface area contributed by atoms with E-state index in [2.05, 4.69) is 10.0 Å². The summed E-state index contributed by atoms with van der Waals surface area (Å²) in [5.74, 6) is 0. The van der Waals surface area contributed by atoms with Crippen LogP contribution in [0.3, 0.4) is 0 Å². The highest BCUT2D eigenvalue weighted by atomic mass is 32.2. The highest BCUT2D eigenvalue weighted by molar-refractivity contribution is 7.89. The number of benzene rings is 1. The monoisotopic (exact) mass is 317 g/mol. The van der Waals surface area contributed by atoms with Crippen LogP contribution in [-0.4, -0.2) is 39.6 Å². The summed E-state index contributed by atoms with van der Waals surface area (Å²) in [4.78, 5) is 10.1. The SMILES string of the molecule is CNc1cccc(S(=O)(=O)NC(C)(C)COC)c1[N+](=O)[O-]. The molecular formula is C12H19N3O5S. The van der Waals surface area contributed by atoms with Crippen molar-refractivity contribution in [2.75, 3.05) is 26.1 Å². The topological polar surface area (TPSA) is 111 Å². The molecule has 0 saturated carbocycles. The molecule has 118 valence electrons. The summed E-state index contributed by atoms with van der Waals surface area (Å²) >= 11 is 0. The summed E-state index contributed by atoms with van der Waals surface area (Å²) in [7, 11) is -1.13. The van der Waals surface area contributed by atoms with Crippen LogP contribution in [0.5, 0.6) is 0 Å². The van der Waals surface area contributed by atoms with E-state index in [0.717, 1.165) is 0 Å². The van der Waals surface area contributed by atoms with Gasteiger partial charge in [-0.15, -0.1) is 0 Å². The van der Waals surface area contributed by atoms with Crippen LogP contribution in [-0.2, 0) is 14.8 Å². The fourth-order valence-corrected chi connectivity index (χ4v) is 3.53. The van der Waals surface area contributed by atoms with Crippen molar-refractivity contribution in [3.8, 4) is 0 Å². The predicted molar refractivity (Wildman–Crippen MR) is 78.9 cm³/mol. The van der Waals surface area contributed by atoms with Gasteiger partial charge in [0.1, 0.15) is 5.69 Å². The van der Waals surface area contributed by atoms with Crippen molar-refractivity contribution in [2.24, 2.45) is 0 Å². The second-order valence-corrected chi connectivity index (χ2v) is 6.73. The van der Waals surface area contributed by atoms with Crippen molar-refractivity contribution in [1.29, 1.82) is 0 Å². The lowest BCUT2D eigenvalue weighted by atomic mass is 10.1. The van der Waals surface area contributed by atoms with Crippen LogP contribution in [0.2, 0.25) is 0 Å². The second-order valence-electron chi connectivity index (χ2n) is 5.08. The Kier molecular flexibility index (Phi) is 5.26. The maximum absolute atomic E-state index is 12.4. The molecule has 0 fully saturated rings. The highest BCUT2D eigenvalue weighted by Crippen LogP contribution is 2.32. The van der Waals surface area contributed by atoms with Gasteiger partial charge in [0.05, 0.1) is 17.1 Å². The van der Waals surface area contributed by atoms with E-state index in [1.807, 2.05) is 0 Å². The molecule has 0 atom stereocenters. The Balaban J connectivity index is 3.36. The number of methoxy groups -OCH3 is 1. The lowest BCUT2D eigenvalue weighted by molar-refractivity contribution is -0.386. The summed E-state index contributed by atoms with van der Waals surface area (Å²) in [5.41, 5.74) is -1.25. The van der Waals surface area contributed by atoms with Gasteiger partial charge in [-0.05, 0) is 26.0 Å². The first-order chi connectivity index (χ1) is 9.64. The van der Waals surface area contributed by atoms with Crippen molar-refractivity contribution in [3.63, 3.8) is 0 Å². The number of nitrogens with one attached hydrogen (secondary N) is 2. The fourth-order valence-electron chi connectivity index (χ4n) is 1.94. The van der Waals surface area contributed by atoms with Crippen LogP contribution in [0, 0.1) is 10.1 Å². The lowest BCUT2D eigenvalue weighted by Gasteiger charge is -2.24. The summed E-state index contributed by atoms with van der Waals surface area (Å²) in [6.45, 7) is 3.38. The van der Waals surface area contributed by atoms with E-state index < -0.39 is 26.2 Å². The van der Waals surface area contributed by atoms with Gasteiger partial charge >= 0.3 is 5.69 Å². The van der Waals surface area contributed by atoms with Crippen molar-refractivity contribution >= 4 is 21.4 Å². The molecular weight excluding hydrogens is 298 g/mol. The van der Waals surface area contributed by atoms with E-state index in [1.54, 1.807) is 13.8 Å². The first-order valence-corrected chi connectivity index (χ1v) is 7.61. The Morgan fingerprint density at radius 3 is 2.48 bits per heavy atom. The molecule has 21 heavy (non-hydrogen) atoms. The Labute approximate surface area is 123 Å². The van der Waals surface area contributed by atoms with Crippen LogP contribution < -0.4 is 10.0 Å². The first-order valence-electron chi connectivity index (χ1n) is 6.12. The zero-order valence-corrected chi connectivity index (χ0v) is 13.2.